The molecule has 2 aromatic carbocycles. The number of anilines is 2. The van der Waals surface area contributed by atoms with Crippen molar-refractivity contribution in [3.63, 3.8) is 0 Å². The summed E-state index contributed by atoms with van der Waals surface area (Å²) in [4.78, 5) is 12.0. The van der Waals surface area contributed by atoms with Crippen LogP contribution in [0.15, 0.2) is 42.5 Å². The third kappa shape index (κ3) is 4.15. The van der Waals surface area contributed by atoms with E-state index in [2.05, 4.69) is 10.6 Å². The van der Waals surface area contributed by atoms with Crippen molar-refractivity contribution in [3.8, 4) is 5.75 Å². The fourth-order valence-electron chi connectivity index (χ4n) is 2.07. The molecule has 0 aliphatic carbocycles. The summed E-state index contributed by atoms with van der Waals surface area (Å²) in [6.45, 7) is 2.47. The number of methoxy groups -OCH3 is 1. The van der Waals surface area contributed by atoms with Crippen LogP contribution in [0, 0.1) is 6.92 Å². The van der Waals surface area contributed by atoms with Crippen LogP contribution in [-0.4, -0.2) is 19.6 Å². The number of carbonyl (C=O) groups excluding carboxylic acids is 1. The summed E-state index contributed by atoms with van der Waals surface area (Å²) in [5, 5.41) is 6.78. The van der Waals surface area contributed by atoms with Gasteiger partial charge in [0.1, 0.15) is 5.75 Å². The highest BCUT2D eigenvalue weighted by Crippen LogP contribution is 2.24. The van der Waals surface area contributed by atoms with Crippen LogP contribution >= 0.6 is 11.6 Å². The fraction of sp³-hybridized carbons (Fsp3) is 0.235. The van der Waals surface area contributed by atoms with Crippen molar-refractivity contribution in [1.29, 1.82) is 0 Å². The molecule has 0 unspecified atom stereocenters. The molecule has 1 amide bonds. The average molecular weight is 319 g/mol. The van der Waals surface area contributed by atoms with Crippen LogP contribution in [0.4, 0.5) is 11.4 Å². The maximum atomic E-state index is 12.0. The van der Waals surface area contributed by atoms with Gasteiger partial charge in [0, 0.05) is 23.7 Å². The van der Waals surface area contributed by atoms with Crippen LogP contribution < -0.4 is 15.4 Å². The number of hydrogen-bond donors (Lipinski definition) is 2. The Morgan fingerprint density at radius 1 is 1.14 bits per heavy atom. The molecule has 5 heteroatoms. The standard InChI is InChI=1S/C17H19ClN2O2/c1-12-13(18)6-5-8-14(12)19-11-10-17(21)20-15-7-3-4-9-16(15)22-2/h3-9,19H,10-11H2,1-2H3,(H,20,21). The number of nitrogens with one attached hydrogen (secondary N) is 2. The molecule has 0 heterocycles. The summed E-state index contributed by atoms with van der Waals surface area (Å²) in [5.41, 5.74) is 2.60. The van der Waals surface area contributed by atoms with Crippen LogP contribution in [0.25, 0.3) is 0 Å². The summed E-state index contributed by atoms with van der Waals surface area (Å²) >= 11 is 6.06. The normalized spacial score (nSPS) is 10.1. The van der Waals surface area contributed by atoms with Crippen molar-refractivity contribution in [1.82, 2.24) is 0 Å². The molecule has 0 radical (unpaired) electrons. The second kappa shape index (κ2) is 7.71. The molecule has 2 N–H and O–H groups in total. The molecule has 2 rings (SSSR count). The molecule has 0 spiro atoms. The Bertz CT molecular complexity index is 659. The second-order valence-corrected chi connectivity index (χ2v) is 5.24. The number of hydrogen-bond acceptors (Lipinski definition) is 3. The molecule has 22 heavy (non-hydrogen) atoms. The van der Waals surface area contributed by atoms with E-state index in [4.69, 9.17) is 16.3 Å². The van der Waals surface area contributed by atoms with Crippen LogP contribution in [0.1, 0.15) is 12.0 Å². The molecule has 4 nitrogen and oxygen atoms in total. The Kier molecular flexibility index (Phi) is 5.67. The predicted molar refractivity (Wildman–Crippen MR) is 90.9 cm³/mol. The lowest BCUT2D eigenvalue weighted by atomic mass is 10.2. The minimum atomic E-state index is -0.0725. The van der Waals surface area contributed by atoms with E-state index in [9.17, 15) is 4.79 Å². The van der Waals surface area contributed by atoms with Gasteiger partial charge in [-0.25, -0.2) is 0 Å². The number of benzene rings is 2. The lowest BCUT2D eigenvalue weighted by Gasteiger charge is -2.12. The topological polar surface area (TPSA) is 50.4 Å². The van der Waals surface area contributed by atoms with Gasteiger partial charge in [0.25, 0.3) is 0 Å². The van der Waals surface area contributed by atoms with Gasteiger partial charge in [0.15, 0.2) is 0 Å². The van der Waals surface area contributed by atoms with Crippen molar-refractivity contribution in [2.75, 3.05) is 24.3 Å². The van der Waals surface area contributed by atoms with Gasteiger partial charge in [-0.15, -0.1) is 0 Å². The van der Waals surface area contributed by atoms with Gasteiger partial charge in [0.05, 0.1) is 12.8 Å². The molecule has 0 bridgehead atoms. The van der Waals surface area contributed by atoms with Gasteiger partial charge in [-0.1, -0.05) is 29.8 Å². The van der Waals surface area contributed by atoms with Gasteiger partial charge < -0.3 is 15.4 Å². The highest BCUT2D eigenvalue weighted by atomic mass is 35.5. The predicted octanol–water partition coefficient (Wildman–Crippen LogP) is 4.10. The Balaban J connectivity index is 1.87. The number of halogens is 1. The maximum Gasteiger partial charge on any atom is 0.226 e. The van der Waals surface area contributed by atoms with Gasteiger partial charge in [-0.2, -0.15) is 0 Å². The first kappa shape index (κ1) is 16.2. The van der Waals surface area contributed by atoms with Gasteiger partial charge in [-0.05, 0) is 36.8 Å². The number of amides is 1. The van der Waals surface area contributed by atoms with E-state index in [1.165, 1.54) is 0 Å². The smallest absolute Gasteiger partial charge is 0.226 e. The Morgan fingerprint density at radius 3 is 2.64 bits per heavy atom. The largest absolute Gasteiger partial charge is 0.495 e. The number of ether oxygens (including phenoxy) is 1. The van der Waals surface area contributed by atoms with E-state index >= 15 is 0 Å². The highest BCUT2D eigenvalue weighted by molar-refractivity contribution is 6.31. The van der Waals surface area contributed by atoms with Crippen molar-refractivity contribution in [2.24, 2.45) is 0 Å². The molecule has 0 atom stereocenters. The molecule has 0 aliphatic heterocycles. The van der Waals surface area contributed by atoms with Crippen LogP contribution in [-0.2, 0) is 4.79 Å². The maximum absolute atomic E-state index is 12.0. The first-order valence-electron chi connectivity index (χ1n) is 7.03. The molecule has 0 fully saturated rings. The first-order valence-corrected chi connectivity index (χ1v) is 7.41. The zero-order valence-electron chi connectivity index (χ0n) is 12.7. The highest BCUT2D eigenvalue weighted by Gasteiger charge is 2.07. The van der Waals surface area contributed by atoms with Gasteiger partial charge in [-0.3, -0.25) is 4.79 Å². The third-order valence-corrected chi connectivity index (χ3v) is 3.73. The molecule has 0 aromatic heterocycles. The van der Waals surface area contributed by atoms with Gasteiger partial charge >= 0.3 is 0 Å². The van der Waals surface area contributed by atoms with Crippen LogP contribution in [0.2, 0.25) is 5.02 Å². The monoisotopic (exact) mass is 318 g/mol. The molecule has 0 aliphatic rings. The molecule has 0 saturated carbocycles. The van der Waals surface area contributed by atoms with Crippen LogP contribution in [0.5, 0.6) is 5.75 Å². The molecular weight excluding hydrogens is 300 g/mol. The van der Waals surface area contributed by atoms with E-state index < -0.39 is 0 Å². The van der Waals surface area contributed by atoms with Gasteiger partial charge in [0.2, 0.25) is 5.91 Å². The quantitative estimate of drug-likeness (QED) is 0.843. The number of carbonyl (C=O) groups is 1. The number of para-hydroxylation sites is 2. The van der Waals surface area contributed by atoms with Crippen molar-refractivity contribution in [3.05, 3.63) is 53.1 Å². The van der Waals surface area contributed by atoms with Crippen molar-refractivity contribution >= 4 is 28.9 Å². The molecule has 2 aromatic rings. The molecule has 0 saturated heterocycles. The summed E-state index contributed by atoms with van der Waals surface area (Å²) in [6, 6.07) is 13.0. The van der Waals surface area contributed by atoms with E-state index in [1.54, 1.807) is 7.11 Å². The molecule has 116 valence electrons. The Morgan fingerprint density at radius 2 is 1.86 bits per heavy atom. The fourth-order valence-corrected chi connectivity index (χ4v) is 2.24. The minimum Gasteiger partial charge on any atom is -0.495 e. The van der Waals surface area contributed by atoms with Crippen molar-refractivity contribution < 1.29 is 9.53 Å². The zero-order valence-corrected chi connectivity index (χ0v) is 13.4. The Hall–Kier alpha value is -2.20. The van der Waals surface area contributed by atoms with E-state index in [-0.39, 0.29) is 5.91 Å². The number of rotatable bonds is 6. The summed E-state index contributed by atoms with van der Waals surface area (Å²) < 4.78 is 5.20. The Labute approximate surface area is 135 Å². The third-order valence-electron chi connectivity index (χ3n) is 3.32. The summed E-state index contributed by atoms with van der Waals surface area (Å²) in [6.07, 6.45) is 0.351. The summed E-state index contributed by atoms with van der Waals surface area (Å²) in [5.74, 6) is 0.575. The summed E-state index contributed by atoms with van der Waals surface area (Å²) in [7, 11) is 1.58. The lowest BCUT2D eigenvalue weighted by Crippen LogP contribution is -2.17. The van der Waals surface area contributed by atoms with Crippen LogP contribution in [0.3, 0.4) is 0 Å². The molecular formula is C17H19ClN2O2. The SMILES string of the molecule is COc1ccccc1NC(=O)CCNc1cccc(Cl)c1C. The lowest BCUT2D eigenvalue weighted by molar-refractivity contribution is -0.116. The minimum absolute atomic E-state index is 0.0725. The second-order valence-electron chi connectivity index (χ2n) is 4.84. The average Bonchev–Trinajstić information content (AvgIpc) is 2.52. The first-order chi connectivity index (χ1) is 10.6. The van der Waals surface area contributed by atoms with Crippen molar-refractivity contribution in [2.45, 2.75) is 13.3 Å². The zero-order chi connectivity index (χ0) is 15.9. The van der Waals surface area contributed by atoms with E-state index in [0.717, 1.165) is 11.3 Å². The van der Waals surface area contributed by atoms with E-state index in [0.29, 0.717) is 29.4 Å². The van der Waals surface area contributed by atoms with E-state index in [1.807, 2.05) is 49.4 Å².